The molecular weight excluding hydrogens is 266 g/mol. The van der Waals surface area contributed by atoms with Crippen LogP contribution in [0, 0.1) is 0 Å². The second kappa shape index (κ2) is 6.15. The van der Waals surface area contributed by atoms with Crippen LogP contribution in [0.2, 0.25) is 5.02 Å². The minimum absolute atomic E-state index is 0.298. The van der Waals surface area contributed by atoms with Crippen LogP contribution in [0.5, 0.6) is 0 Å². The average Bonchev–Trinajstić information content (AvgIpc) is 2.45. The number of benzene rings is 1. The zero-order chi connectivity index (χ0) is 13.7. The Hall–Kier alpha value is -2.14. The van der Waals surface area contributed by atoms with Gasteiger partial charge in [0.25, 0.3) is 0 Å². The topological polar surface area (TPSA) is 64.1 Å². The zero-order valence-corrected chi connectivity index (χ0v) is 11.0. The van der Waals surface area contributed by atoms with Crippen LogP contribution >= 0.6 is 11.6 Å². The summed E-state index contributed by atoms with van der Waals surface area (Å²) in [6.07, 6.45) is 2.78. The van der Waals surface area contributed by atoms with Gasteiger partial charge in [-0.2, -0.15) is 0 Å². The largest absolute Gasteiger partial charge is 0.465 e. The molecule has 0 fully saturated rings. The highest BCUT2D eigenvalue weighted by molar-refractivity contribution is 6.30. The zero-order valence-electron chi connectivity index (χ0n) is 10.3. The first-order chi connectivity index (χ1) is 9.20. The van der Waals surface area contributed by atoms with Gasteiger partial charge in [-0.1, -0.05) is 23.7 Å². The fourth-order valence-electron chi connectivity index (χ4n) is 1.56. The molecule has 0 unspecified atom stereocenters. The first kappa shape index (κ1) is 13.3. The van der Waals surface area contributed by atoms with Crippen molar-refractivity contribution in [2.45, 2.75) is 6.54 Å². The summed E-state index contributed by atoms with van der Waals surface area (Å²) >= 11 is 5.90. The Kier molecular flexibility index (Phi) is 4.30. The molecule has 0 bridgehead atoms. The fourth-order valence-corrected chi connectivity index (χ4v) is 1.78. The van der Waals surface area contributed by atoms with Crippen LogP contribution in [-0.2, 0) is 11.3 Å². The van der Waals surface area contributed by atoms with Crippen molar-refractivity contribution in [3.63, 3.8) is 0 Å². The predicted octanol–water partition coefficient (Wildman–Crippen LogP) is 2.53. The highest BCUT2D eigenvalue weighted by Gasteiger charge is 2.12. The number of nitrogens with one attached hydrogen (secondary N) is 1. The molecule has 0 saturated heterocycles. The number of ether oxygens (including phenoxy) is 1. The molecule has 0 radical (unpaired) electrons. The van der Waals surface area contributed by atoms with E-state index in [9.17, 15) is 4.79 Å². The number of hydrogen-bond donors (Lipinski definition) is 1. The quantitative estimate of drug-likeness (QED) is 0.870. The Morgan fingerprint density at radius 2 is 2.32 bits per heavy atom. The van der Waals surface area contributed by atoms with E-state index in [0.29, 0.717) is 22.9 Å². The van der Waals surface area contributed by atoms with Crippen LogP contribution < -0.4 is 5.32 Å². The van der Waals surface area contributed by atoms with E-state index in [0.717, 1.165) is 5.56 Å². The average molecular weight is 278 g/mol. The van der Waals surface area contributed by atoms with Crippen molar-refractivity contribution in [2.75, 3.05) is 12.4 Å². The summed E-state index contributed by atoms with van der Waals surface area (Å²) in [5.41, 5.74) is 1.29. The maximum absolute atomic E-state index is 11.5. The van der Waals surface area contributed by atoms with Gasteiger partial charge in [0, 0.05) is 17.8 Å². The van der Waals surface area contributed by atoms with Crippen molar-refractivity contribution in [3.8, 4) is 0 Å². The monoisotopic (exact) mass is 277 g/mol. The molecule has 98 valence electrons. The van der Waals surface area contributed by atoms with Gasteiger partial charge in [0.2, 0.25) is 0 Å². The number of rotatable bonds is 4. The van der Waals surface area contributed by atoms with E-state index in [1.807, 2.05) is 18.2 Å². The smallest absolute Gasteiger partial charge is 0.343 e. The molecule has 0 aliphatic carbocycles. The minimum Gasteiger partial charge on any atom is -0.465 e. The van der Waals surface area contributed by atoms with Crippen molar-refractivity contribution in [3.05, 3.63) is 52.9 Å². The number of esters is 1. The predicted molar refractivity (Wildman–Crippen MR) is 72.2 cm³/mol. The number of anilines is 1. The van der Waals surface area contributed by atoms with Crippen molar-refractivity contribution >= 4 is 23.4 Å². The SMILES string of the molecule is COC(=O)c1cncnc1NCc1cccc(Cl)c1. The van der Waals surface area contributed by atoms with E-state index >= 15 is 0 Å². The number of aromatic nitrogens is 2. The maximum Gasteiger partial charge on any atom is 0.343 e. The van der Waals surface area contributed by atoms with Crippen molar-refractivity contribution in [1.82, 2.24) is 9.97 Å². The number of halogens is 1. The van der Waals surface area contributed by atoms with Gasteiger partial charge >= 0.3 is 5.97 Å². The van der Waals surface area contributed by atoms with Crippen molar-refractivity contribution < 1.29 is 9.53 Å². The van der Waals surface area contributed by atoms with E-state index in [4.69, 9.17) is 11.6 Å². The number of hydrogen-bond acceptors (Lipinski definition) is 5. The lowest BCUT2D eigenvalue weighted by Gasteiger charge is -2.09. The molecule has 2 rings (SSSR count). The molecule has 1 heterocycles. The summed E-state index contributed by atoms with van der Waals surface area (Å²) in [5.74, 6) is -0.0454. The Morgan fingerprint density at radius 3 is 3.05 bits per heavy atom. The summed E-state index contributed by atoms with van der Waals surface area (Å²) in [6, 6.07) is 7.43. The molecular formula is C13H12ClN3O2. The molecule has 19 heavy (non-hydrogen) atoms. The Labute approximate surface area is 115 Å². The second-order valence-corrected chi connectivity index (χ2v) is 4.20. The molecule has 0 aliphatic heterocycles. The van der Waals surface area contributed by atoms with Crippen molar-refractivity contribution in [2.24, 2.45) is 0 Å². The van der Waals surface area contributed by atoms with Gasteiger partial charge in [-0.3, -0.25) is 0 Å². The highest BCUT2D eigenvalue weighted by atomic mass is 35.5. The van der Waals surface area contributed by atoms with Gasteiger partial charge in [-0.05, 0) is 17.7 Å². The molecule has 2 aromatic rings. The van der Waals surface area contributed by atoms with E-state index in [1.54, 1.807) is 6.07 Å². The van der Waals surface area contributed by atoms with Gasteiger partial charge in [0.05, 0.1) is 7.11 Å². The van der Waals surface area contributed by atoms with Gasteiger partial charge in [-0.25, -0.2) is 14.8 Å². The van der Waals surface area contributed by atoms with Crippen LogP contribution in [0.4, 0.5) is 5.82 Å². The fraction of sp³-hybridized carbons (Fsp3) is 0.154. The van der Waals surface area contributed by atoms with E-state index < -0.39 is 5.97 Å². The summed E-state index contributed by atoms with van der Waals surface area (Å²) in [6.45, 7) is 0.502. The minimum atomic E-state index is -0.478. The molecule has 6 heteroatoms. The third-order valence-electron chi connectivity index (χ3n) is 2.47. The van der Waals surface area contributed by atoms with Crippen LogP contribution in [-0.4, -0.2) is 23.0 Å². The first-order valence-electron chi connectivity index (χ1n) is 5.57. The molecule has 0 saturated carbocycles. The Bertz CT molecular complexity index is 590. The summed E-state index contributed by atoms with van der Waals surface area (Å²) in [4.78, 5) is 19.4. The summed E-state index contributed by atoms with van der Waals surface area (Å²) < 4.78 is 4.67. The van der Waals surface area contributed by atoms with Gasteiger partial charge in [0.15, 0.2) is 0 Å². The molecule has 1 aromatic heterocycles. The molecule has 1 aromatic carbocycles. The number of carbonyl (C=O) groups is 1. The van der Waals surface area contributed by atoms with Crippen LogP contribution in [0.1, 0.15) is 15.9 Å². The molecule has 0 aliphatic rings. The van der Waals surface area contributed by atoms with Crippen molar-refractivity contribution in [1.29, 1.82) is 0 Å². The van der Waals surface area contributed by atoms with Gasteiger partial charge in [-0.15, -0.1) is 0 Å². The Morgan fingerprint density at radius 1 is 1.47 bits per heavy atom. The standard InChI is InChI=1S/C13H12ClN3O2/c1-19-13(18)11-7-15-8-17-12(11)16-6-9-3-2-4-10(14)5-9/h2-5,7-8H,6H2,1H3,(H,15,16,17). The summed E-state index contributed by atoms with van der Waals surface area (Å²) in [7, 11) is 1.32. The number of carbonyl (C=O) groups excluding carboxylic acids is 1. The first-order valence-corrected chi connectivity index (χ1v) is 5.95. The molecule has 0 amide bonds. The highest BCUT2D eigenvalue weighted by Crippen LogP contribution is 2.15. The van der Waals surface area contributed by atoms with E-state index in [-0.39, 0.29) is 0 Å². The lowest BCUT2D eigenvalue weighted by Crippen LogP contribution is -2.10. The van der Waals surface area contributed by atoms with Crippen LogP contribution in [0.3, 0.4) is 0 Å². The molecule has 5 nitrogen and oxygen atoms in total. The third kappa shape index (κ3) is 3.42. The van der Waals surface area contributed by atoms with E-state index in [2.05, 4.69) is 20.0 Å². The van der Waals surface area contributed by atoms with E-state index in [1.165, 1.54) is 19.6 Å². The van der Waals surface area contributed by atoms with Gasteiger partial charge < -0.3 is 10.1 Å². The van der Waals surface area contributed by atoms with Crippen LogP contribution in [0.25, 0.3) is 0 Å². The lowest BCUT2D eigenvalue weighted by molar-refractivity contribution is 0.0601. The summed E-state index contributed by atoms with van der Waals surface area (Å²) in [5, 5.41) is 3.72. The third-order valence-corrected chi connectivity index (χ3v) is 2.70. The van der Waals surface area contributed by atoms with Gasteiger partial charge in [0.1, 0.15) is 17.7 Å². The number of methoxy groups -OCH3 is 1. The second-order valence-electron chi connectivity index (χ2n) is 3.76. The lowest BCUT2D eigenvalue weighted by atomic mass is 10.2. The maximum atomic E-state index is 11.5. The number of nitrogens with zero attached hydrogens (tertiary/aromatic N) is 2. The Balaban J connectivity index is 2.13. The molecule has 1 N–H and O–H groups in total. The normalized spacial score (nSPS) is 10.0. The molecule has 0 spiro atoms. The van der Waals surface area contributed by atoms with Crippen LogP contribution in [0.15, 0.2) is 36.8 Å². The molecule has 0 atom stereocenters.